The maximum atomic E-state index is 12.3. The van der Waals surface area contributed by atoms with Crippen LogP contribution in [0.25, 0.3) is 0 Å². The van der Waals surface area contributed by atoms with Crippen molar-refractivity contribution in [2.75, 3.05) is 6.61 Å². The molecule has 2 unspecified atom stereocenters. The van der Waals surface area contributed by atoms with Gasteiger partial charge in [-0.3, -0.25) is 4.79 Å². The number of hydrogen-bond donors (Lipinski definition) is 3. The second-order valence-corrected chi connectivity index (χ2v) is 14.7. The number of aliphatic hydroxyl groups is 2. The minimum atomic E-state index is -0.843. The van der Waals surface area contributed by atoms with Gasteiger partial charge < -0.3 is 15.5 Å². The lowest BCUT2D eigenvalue weighted by Crippen LogP contribution is -2.45. The SMILES string of the molecule is CC/C=C\C/C=C\C/C=C\C/C=C\C/C=C\C/C=C\C/C=C\CCCCCCCCCCCCCC(=O)NC(CO)C(O)/C=C/CCCCCCCCC. The first kappa shape index (κ1) is 51.3. The van der Waals surface area contributed by atoms with E-state index in [1.54, 1.807) is 6.08 Å². The van der Waals surface area contributed by atoms with E-state index in [0.717, 1.165) is 70.6 Å². The van der Waals surface area contributed by atoms with Crippen LogP contribution in [0.2, 0.25) is 0 Å². The number of hydrogen-bond acceptors (Lipinski definition) is 3. The smallest absolute Gasteiger partial charge is 0.220 e. The fraction of sp³-hybridized carbons (Fsp3) is 0.660. The summed E-state index contributed by atoms with van der Waals surface area (Å²) in [5.41, 5.74) is 0. The first-order chi connectivity index (χ1) is 26.7. The zero-order valence-corrected chi connectivity index (χ0v) is 35.2. The van der Waals surface area contributed by atoms with E-state index in [1.165, 1.54) is 103 Å². The summed E-state index contributed by atoms with van der Waals surface area (Å²) >= 11 is 0. The van der Waals surface area contributed by atoms with E-state index in [1.807, 2.05) is 6.08 Å². The first-order valence-electron chi connectivity index (χ1n) is 22.5. The Kier molecular flexibility index (Phi) is 42.5. The molecule has 3 N–H and O–H groups in total. The fourth-order valence-corrected chi connectivity index (χ4v) is 6.16. The van der Waals surface area contributed by atoms with E-state index < -0.39 is 12.1 Å². The molecule has 1 amide bonds. The monoisotopic (exact) mass is 748 g/mol. The molecule has 4 heteroatoms. The van der Waals surface area contributed by atoms with Gasteiger partial charge in [0.25, 0.3) is 0 Å². The fourth-order valence-electron chi connectivity index (χ4n) is 6.16. The molecule has 4 nitrogen and oxygen atoms in total. The maximum absolute atomic E-state index is 12.3. The molecule has 0 heterocycles. The van der Waals surface area contributed by atoms with E-state index >= 15 is 0 Å². The molecular formula is C50H85NO3. The van der Waals surface area contributed by atoms with Crippen LogP contribution in [-0.4, -0.2) is 34.9 Å². The third kappa shape index (κ3) is 40.5. The van der Waals surface area contributed by atoms with Gasteiger partial charge in [0.15, 0.2) is 0 Å². The molecule has 0 radical (unpaired) electrons. The average Bonchev–Trinajstić information content (AvgIpc) is 3.18. The molecule has 0 aromatic rings. The normalized spacial score (nSPS) is 13.9. The second-order valence-electron chi connectivity index (χ2n) is 14.7. The van der Waals surface area contributed by atoms with Crippen LogP contribution in [0.3, 0.4) is 0 Å². The molecular weight excluding hydrogens is 663 g/mol. The highest BCUT2D eigenvalue weighted by Crippen LogP contribution is 2.13. The van der Waals surface area contributed by atoms with Crippen LogP contribution in [0, 0.1) is 0 Å². The number of rotatable bonds is 39. The van der Waals surface area contributed by atoms with Crippen LogP contribution >= 0.6 is 0 Å². The minimum absolute atomic E-state index is 0.0750. The van der Waals surface area contributed by atoms with Gasteiger partial charge in [0.1, 0.15) is 0 Å². The Labute approximate surface area is 334 Å². The van der Waals surface area contributed by atoms with Gasteiger partial charge in [0.05, 0.1) is 18.8 Å². The summed E-state index contributed by atoms with van der Waals surface area (Å²) in [6.45, 7) is 4.15. The Morgan fingerprint density at radius 3 is 1.22 bits per heavy atom. The number of carbonyl (C=O) groups excluding carboxylic acids is 1. The molecule has 0 aliphatic heterocycles. The van der Waals surface area contributed by atoms with Crippen molar-refractivity contribution < 1.29 is 15.0 Å². The van der Waals surface area contributed by atoms with E-state index in [2.05, 4.69) is 104 Å². The van der Waals surface area contributed by atoms with Gasteiger partial charge in [-0.1, -0.05) is 207 Å². The zero-order valence-electron chi connectivity index (χ0n) is 35.2. The molecule has 0 saturated carbocycles. The molecule has 0 aromatic carbocycles. The van der Waals surface area contributed by atoms with Crippen molar-refractivity contribution in [3.8, 4) is 0 Å². The number of amides is 1. The van der Waals surface area contributed by atoms with Gasteiger partial charge in [0.2, 0.25) is 5.91 Å². The lowest BCUT2D eigenvalue weighted by Gasteiger charge is -2.20. The predicted molar refractivity (Wildman–Crippen MR) is 239 cm³/mol. The van der Waals surface area contributed by atoms with E-state index in [0.29, 0.717) is 6.42 Å². The topological polar surface area (TPSA) is 69.6 Å². The van der Waals surface area contributed by atoms with Gasteiger partial charge in [-0.15, -0.1) is 0 Å². The van der Waals surface area contributed by atoms with Crippen LogP contribution in [0.1, 0.15) is 194 Å². The highest BCUT2D eigenvalue weighted by atomic mass is 16.3. The lowest BCUT2D eigenvalue weighted by molar-refractivity contribution is -0.123. The molecule has 0 saturated heterocycles. The van der Waals surface area contributed by atoms with Gasteiger partial charge in [-0.2, -0.15) is 0 Å². The van der Waals surface area contributed by atoms with Crippen LogP contribution in [0.15, 0.2) is 97.2 Å². The second kappa shape index (κ2) is 44.7. The number of carbonyl (C=O) groups is 1. The summed E-state index contributed by atoms with van der Waals surface area (Å²) in [4.78, 5) is 12.3. The van der Waals surface area contributed by atoms with Crippen LogP contribution in [-0.2, 0) is 4.79 Å². The highest BCUT2D eigenvalue weighted by molar-refractivity contribution is 5.76. The summed E-state index contributed by atoms with van der Waals surface area (Å²) in [6.07, 6.45) is 66.7. The Morgan fingerprint density at radius 2 is 0.815 bits per heavy atom. The standard InChI is InChI=1S/C50H85NO3/c1-3-5-7-9-11-13-14-15-16-17-18-19-20-21-22-23-24-25-26-27-28-29-30-31-32-33-34-35-36-38-40-42-44-46-50(54)51-48(47-52)49(53)45-43-41-39-37-12-10-8-6-4-2/h5,7,11,13,15-16,18-19,21-22,24-25,27-28,43,45,48-49,52-53H,3-4,6,8-10,12,14,17,20,23,26,29-42,44,46-47H2,1-2H3,(H,51,54)/b7-5-,13-11-,16-15-,19-18-,22-21-,25-24-,28-27-,45-43+. The molecule has 0 bridgehead atoms. The Hall–Kier alpha value is -2.69. The van der Waals surface area contributed by atoms with Crippen molar-refractivity contribution in [2.45, 2.75) is 206 Å². The minimum Gasteiger partial charge on any atom is -0.394 e. The molecule has 0 aliphatic rings. The van der Waals surface area contributed by atoms with Crippen molar-refractivity contribution in [1.82, 2.24) is 5.32 Å². The summed E-state index contributed by atoms with van der Waals surface area (Å²) in [5, 5.41) is 22.9. The van der Waals surface area contributed by atoms with Crippen LogP contribution in [0.5, 0.6) is 0 Å². The quantitative estimate of drug-likeness (QED) is 0.0433. The van der Waals surface area contributed by atoms with Crippen molar-refractivity contribution in [2.24, 2.45) is 0 Å². The summed E-state index contributed by atoms with van der Waals surface area (Å²) in [7, 11) is 0. The van der Waals surface area contributed by atoms with Crippen LogP contribution < -0.4 is 5.32 Å². The van der Waals surface area contributed by atoms with Crippen molar-refractivity contribution >= 4 is 5.91 Å². The molecule has 2 atom stereocenters. The number of allylic oxidation sites excluding steroid dienone is 15. The number of nitrogens with one attached hydrogen (secondary N) is 1. The molecule has 54 heavy (non-hydrogen) atoms. The molecule has 0 fully saturated rings. The van der Waals surface area contributed by atoms with Gasteiger partial charge in [0, 0.05) is 6.42 Å². The summed E-state index contributed by atoms with van der Waals surface area (Å²) in [6, 6.07) is -0.627. The van der Waals surface area contributed by atoms with Crippen molar-refractivity contribution in [3.63, 3.8) is 0 Å². The predicted octanol–water partition coefficient (Wildman–Crippen LogP) is 14.2. The summed E-state index contributed by atoms with van der Waals surface area (Å²) in [5.74, 6) is -0.0750. The summed E-state index contributed by atoms with van der Waals surface area (Å²) < 4.78 is 0. The zero-order chi connectivity index (χ0) is 39.3. The Balaban J connectivity index is 3.57. The molecule has 0 aliphatic carbocycles. The van der Waals surface area contributed by atoms with E-state index in [9.17, 15) is 15.0 Å². The molecule has 308 valence electrons. The Morgan fingerprint density at radius 1 is 0.463 bits per heavy atom. The maximum Gasteiger partial charge on any atom is 0.220 e. The first-order valence-corrected chi connectivity index (χ1v) is 22.5. The number of aliphatic hydroxyl groups excluding tert-OH is 2. The molecule has 0 aromatic heterocycles. The van der Waals surface area contributed by atoms with Crippen molar-refractivity contribution in [3.05, 3.63) is 97.2 Å². The van der Waals surface area contributed by atoms with Gasteiger partial charge in [-0.05, 0) is 77.0 Å². The third-order valence-corrected chi connectivity index (χ3v) is 9.57. The van der Waals surface area contributed by atoms with E-state index in [-0.39, 0.29) is 12.5 Å². The van der Waals surface area contributed by atoms with Gasteiger partial charge >= 0.3 is 0 Å². The van der Waals surface area contributed by atoms with Crippen molar-refractivity contribution in [1.29, 1.82) is 0 Å². The molecule has 0 spiro atoms. The van der Waals surface area contributed by atoms with Gasteiger partial charge in [-0.25, -0.2) is 0 Å². The van der Waals surface area contributed by atoms with Crippen LogP contribution in [0.4, 0.5) is 0 Å². The Bertz CT molecular complexity index is 1030. The lowest BCUT2D eigenvalue weighted by atomic mass is 10.0. The largest absolute Gasteiger partial charge is 0.394 e. The number of unbranched alkanes of at least 4 members (excludes halogenated alkanes) is 18. The van der Waals surface area contributed by atoms with E-state index in [4.69, 9.17) is 0 Å². The highest BCUT2D eigenvalue weighted by Gasteiger charge is 2.17. The molecule has 0 rings (SSSR count). The third-order valence-electron chi connectivity index (χ3n) is 9.57. The average molecular weight is 748 g/mol.